The molecule has 1 saturated heterocycles. The summed E-state index contributed by atoms with van der Waals surface area (Å²) in [5.74, 6) is -0.674. The third-order valence-electron chi connectivity index (χ3n) is 6.15. The fraction of sp³-hybridized carbons (Fsp3) is 0.148. The molecule has 1 N–H and O–H groups in total. The zero-order chi connectivity index (χ0) is 24.5. The first kappa shape index (κ1) is 22.7. The van der Waals surface area contributed by atoms with Crippen molar-refractivity contribution in [2.24, 2.45) is 0 Å². The van der Waals surface area contributed by atoms with Crippen molar-refractivity contribution in [2.75, 3.05) is 12.0 Å². The molecule has 0 amide bonds. The van der Waals surface area contributed by atoms with E-state index in [9.17, 15) is 9.18 Å². The van der Waals surface area contributed by atoms with Crippen LogP contribution in [-0.4, -0.2) is 27.7 Å². The molecule has 35 heavy (non-hydrogen) atoms. The van der Waals surface area contributed by atoms with Gasteiger partial charge in [-0.15, -0.1) is 0 Å². The minimum atomic E-state index is -0.404. The number of nitrogens with one attached hydrogen (secondary N) is 1. The van der Waals surface area contributed by atoms with E-state index in [4.69, 9.17) is 17.0 Å². The van der Waals surface area contributed by atoms with Crippen LogP contribution in [0.4, 0.5) is 10.1 Å². The monoisotopic (exact) mass is 486 g/mol. The molecule has 6 nitrogen and oxygen atoms in total. The Morgan fingerprint density at radius 1 is 1.06 bits per heavy atom. The number of methoxy groups -OCH3 is 1. The van der Waals surface area contributed by atoms with E-state index in [1.54, 1.807) is 37.4 Å². The van der Waals surface area contributed by atoms with Crippen LogP contribution in [0.1, 0.15) is 39.4 Å². The minimum absolute atomic E-state index is 0.258. The Bertz CT molecular complexity index is 1410. The second-order valence-electron chi connectivity index (χ2n) is 8.28. The number of halogens is 1. The van der Waals surface area contributed by atoms with Crippen molar-refractivity contribution < 1.29 is 13.9 Å². The Balaban J connectivity index is 1.66. The Labute approximate surface area is 208 Å². The smallest absolute Gasteiger partial charge is 0.337 e. The number of esters is 1. The summed E-state index contributed by atoms with van der Waals surface area (Å²) in [6.45, 7) is 1.73. The second kappa shape index (κ2) is 9.31. The van der Waals surface area contributed by atoms with Gasteiger partial charge in [-0.3, -0.25) is 4.98 Å². The number of ether oxygens (including phenoxy) is 1. The van der Waals surface area contributed by atoms with Crippen molar-refractivity contribution >= 4 is 29.0 Å². The zero-order valence-electron chi connectivity index (χ0n) is 19.2. The van der Waals surface area contributed by atoms with Crippen molar-refractivity contribution in [3.05, 3.63) is 114 Å². The van der Waals surface area contributed by atoms with Crippen molar-refractivity contribution in [2.45, 2.75) is 19.0 Å². The fourth-order valence-electron chi connectivity index (χ4n) is 4.48. The normalized spacial score (nSPS) is 17.3. The maximum absolute atomic E-state index is 14.1. The van der Waals surface area contributed by atoms with Crippen molar-refractivity contribution in [1.82, 2.24) is 14.9 Å². The lowest BCUT2D eigenvalue weighted by Gasteiger charge is -2.29. The first-order valence-electron chi connectivity index (χ1n) is 11.1. The summed E-state index contributed by atoms with van der Waals surface area (Å²) in [6.07, 6.45) is 3.69. The highest BCUT2D eigenvalue weighted by Crippen LogP contribution is 2.42. The first-order valence-corrected chi connectivity index (χ1v) is 11.5. The molecular weight excluding hydrogens is 463 g/mol. The van der Waals surface area contributed by atoms with Gasteiger partial charge in [0.05, 0.1) is 24.4 Å². The molecule has 2 aromatic carbocycles. The minimum Gasteiger partial charge on any atom is -0.465 e. The van der Waals surface area contributed by atoms with Crippen molar-refractivity contribution in [3.63, 3.8) is 0 Å². The number of aryl methyl sites for hydroxylation is 1. The van der Waals surface area contributed by atoms with Gasteiger partial charge >= 0.3 is 5.97 Å². The number of thiocarbonyl (C=S) groups is 1. The predicted octanol–water partition coefficient (Wildman–Crippen LogP) is 5.28. The summed E-state index contributed by atoms with van der Waals surface area (Å²) in [5.41, 5.74) is 4.33. The Kier molecular flexibility index (Phi) is 6.05. The Morgan fingerprint density at radius 3 is 2.66 bits per heavy atom. The molecule has 8 heteroatoms. The molecule has 0 unspecified atom stereocenters. The molecule has 2 aromatic heterocycles. The standard InChI is InChI=1S/C27H23FN4O2S/c1-17-15-20(11-12-21(17)28)32-25(24(30-27(32)35)22-9-3-4-13-29-22)23-10-6-14-31(23)19-8-5-7-18(16-19)26(33)34-2/h3-16,24-25H,1-2H3,(H,30,35)/t24-,25+/m1/s1. The van der Waals surface area contributed by atoms with E-state index in [1.165, 1.54) is 13.2 Å². The lowest BCUT2D eigenvalue weighted by Crippen LogP contribution is -2.30. The van der Waals surface area contributed by atoms with Gasteiger partial charge in [0.25, 0.3) is 0 Å². The van der Waals surface area contributed by atoms with Crippen LogP contribution in [0.3, 0.4) is 0 Å². The first-order chi connectivity index (χ1) is 17.0. The van der Waals surface area contributed by atoms with Gasteiger partial charge in [0.15, 0.2) is 5.11 Å². The molecule has 1 aliphatic rings. The lowest BCUT2D eigenvalue weighted by atomic mass is 10.0. The third-order valence-corrected chi connectivity index (χ3v) is 6.46. The number of anilines is 1. The van der Waals surface area contributed by atoms with E-state index in [0.29, 0.717) is 16.2 Å². The molecule has 0 spiro atoms. The van der Waals surface area contributed by atoms with Crippen molar-refractivity contribution in [3.8, 4) is 5.69 Å². The van der Waals surface area contributed by atoms with Crippen molar-refractivity contribution in [1.29, 1.82) is 0 Å². The van der Waals surface area contributed by atoms with Gasteiger partial charge in [-0.1, -0.05) is 12.1 Å². The van der Waals surface area contributed by atoms with E-state index in [1.807, 2.05) is 58.1 Å². The van der Waals surface area contributed by atoms with Crippen LogP contribution in [0, 0.1) is 12.7 Å². The molecule has 1 fully saturated rings. The molecule has 3 heterocycles. The van der Waals surface area contributed by atoms with Crippen LogP contribution in [0.25, 0.3) is 5.69 Å². The highest BCUT2D eigenvalue weighted by molar-refractivity contribution is 7.80. The number of rotatable bonds is 5. The van der Waals surface area contributed by atoms with Gasteiger partial charge in [-0.2, -0.15) is 0 Å². The van der Waals surface area contributed by atoms with Crippen LogP contribution in [0.5, 0.6) is 0 Å². The van der Waals surface area contributed by atoms with E-state index in [2.05, 4.69) is 10.3 Å². The number of hydrogen-bond acceptors (Lipinski definition) is 4. The lowest BCUT2D eigenvalue weighted by molar-refractivity contribution is 0.0600. The van der Waals surface area contributed by atoms with Gasteiger partial charge in [-0.25, -0.2) is 9.18 Å². The average Bonchev–Trinajstić information content (AvgIpc) is 3.50. The van der Waals surface area contributed by atoms with Crippen LogP contribution < -0.4 is 10.2 Å². The van der Waals surface area contributed by atoms with Gasteiger partial charge < -0.3 is 19.5 Å². The summed E-state index contributed by atoms with van der Waals surface area (Å²) in [5, 5.41) is 3.94. The molecule has 4 aromatic rings. The van der Waals surface area contributed by atoms with E-state index in [0.717, 1.165) is 22.8 Å². The molecule has 1 aliphatic heterocycles. The Morgan fingerprint density at radius 2 is 1.91 bits per heavy atom. The van der Waals surface area contributed by atoms with E-state index in [-0.39, 0.29) is 17.9 Å². The van der Waals surface area contributed by atoms with Gasteiger partial charge in [0.2, 0.25) is 0 Å². The highest BCUT2D eigenvalue weighted by Gasteiger charge is 2.42. The molecule has 0 aliphatic carbocycles. The molecule has 0 saturated carbocycles. The molecular formula is C27H23FN4O2S. The summed E-state index contributed by atoms with van der Waals surface area (Å²) in [6, 6.07) is 21.4. The average molecular weight is 487 g/mol. The number of nitrogens with zero attached hydrogens (tertiary/aromatic N) is 3. The molecule has 5 rings (SSSR count). The predicted molar refractivity (Wildman–Crippen MR) is 136 cm³/mol. The number of hydrogen-bond donors (Lipinski definition) is 1. The quantitative estimate of drug-likeness (QED) is 0.306. The van der Waals surface area contributed by atoms with Crippen LogP contribution in [0.2, 0.25) is 0 Å². The maximum Gasteiger partial charge on any atom is 0.337 e. The highest BCUT2D eigenvalue weighted by atomic mass is 32.1. The Hall–Kier alpha value is -4.04. The number of carbonyl (C=O) groups excluding carboxylic acids is 1. The van der Waals surface area contributed by atoms with Crippen LogP contribution >= 0.6 is 12.2 Å². The number of pyridine rings is 1. The maximum atomic E-state index is 14.1. The number of benzene rings is 2. The van der Waals surface area contributed by atoms with Gasteiger partial charge in [0, 0.05) is 29.5 Å². The van der Waals surface area contributed by atoms with Crippen LogP contribution in [0.15, 0.2) is 85.2 Å². The number of aromatic nitrogens is 2. The third kappa shape index (κ3) is 4.17. The molecule has 2 atom stereocenters. The van der Waals surface area contributed by atoms with E-state index >= 15 is 0 Å². The largest absolute Gasteiger partial charge is 0.465 e. The summed E-state index contributed by atoms with van der Waals surface area (Å²) in [4.78, 5) is 18.7. The fourth-order valence-corrected chi connectivity index (χ4v) is 4.83. The number of carbonyl (C=O) groups is 1. The zero-order valence-corrected chi connectivity index (χ0v) is 20.0. The van der Waals surface area contributed by atoms with Gasteiger partial charge in [0.1, 0.15) is 11.9 Å². The SMILES string of the molecule is COC(=O)c1cccc(-n2cccc2[C@H]2[C@@H](c3ccccn3)NC(=S)N2c2ccc(F)c(C)c2)c1. The topological polar surface area (TPSA) is 59.4 Å². The summed E-state index contributed by atoms with van der Waals surface area (Å²) in [7, 11) is 1.36. The molecule has 0 bridgehead atoms. The molecule has 0 radical (unpaired) electrons. The van der Waals surface area contributed by atoms with Gasteiger partial charge in [-0.05, 0) is 85.4 Å². The summed E-state index contributed by atoms with van der Waals surface area (Å²) < 4.78 is 21.0. The summed E-state index contributed by atoms with van der Waals surface area (Å²) >= 11 is 5.78. The second-order valence-corrected chi connectivity index (χ2v) is 8.66. The molecule has 176 valence electrons. The van der Waals surface area contributed by atoms with E-state index < -0.39 is 5.97 Å². The van der Waals surface area contributed by atoms with Crippen LogP contribution in [-0.2, 0) is 4.74 Å².